The number of ether oxygens (including phenoxy) is 3. The lowest BCUT2D eigenvalue weighted by Gasteiger charge is -2.27. The number of hydrogen-bond acceptors (Lipinski definition) is 12. The average Bonchev–Trinajstić information content (AvgIpc) is 3.32. The largest absolute Gasteiger partial charge is 0.454 e. The first-order valence-electron chi connectivity index (χ1n) is 10.4. The van der Waals surface area contributed by atoms with Gasteiger partial charge in [-0.1, -0.05) is 18.2 Å². The van der Waals surface area contributed by atoms with Crippen molar-refractivity contribution in [1.29, 1.82) is 0 Å². The fourth-order valence-electron chi connectivity index (χ4n) is 3.39. The predicted octanol–water partition coefficient (Wildman–Crippen LogP) is 2.53. The van der Waals surface area contributed by atoms with Crippen molar-refractivity contribution in [2.45, 2.75) is 0 Å². The highest BCUT2D eigenvalue weighted by molar-refractivity contribution is 5.87. The Kier molecular flexibility index (Phi) is 5.99. The SMILES string of the molecule is O=[N+]([O-])c1cc2c(cc1C=NNc1nc(Nc3ccccc3)nc(N3CCOCC3)n1)OCO2. The topological polar surface area (TPSA) is 149 Å². The summed E-state index contributed by atoms with van der Waals surface area (Å²) in [5.74, 6) is 1.70. The number of nitrogens with zero attached hydrogens (tertiary/aromatic N) is 6. The summed E-state index contributed by atoms with van der Waals surface area (Å²) in [6.07, 6.45) is 1.31. The van der Waals surface area contributed by atoms with Gasteiger partial charge in [-0.15, -0.1) is 0 Å². The van der Waals surface area contributed by atoms with Crippen LogP contribution in [-0.2, 0) is 4.74 Å². The second-order valence-electron chi connectivity index (χ2n) is 7.26. The van der Waals surface area contributed by atoms with Crippen molar-refractivity contribution in [1.82, 2.24) is 15.0 Å². The smallest absolute Gasteiger partial charge is 0.282 e. The predicted molar refractivity (Wildman–Crippen MR) is 123 cm³/mol. The number of aromatic nitrogens is 3. The normalized spacial score (nSPS) is 14.9. The highest BCUT2D eigenvalue weighted by Crippen LogP contribution is 2.37. The molecular formula is C21H20N8O5. The van der Waals surface area contributed by atoms with E-state index < -0.39 is 4.92 Å². The fourth-order valence-corrected chi connectivity index (χ4v) is 3.39. The number of para-hydroxylation sites is 1. The van der Waals surface area contributed by atoms with Gasteiger partial charge >= 0.3 is 0 Å². The molecule has 3 aromatic rings. The molecule has 0 saturated carbocycles. The third kappa shape index (κ3) is 4.78. The third-order valence-electron chi connectivity index (χ3n) is 5.03. The highest BCUT2D eigenvalue weighted by Gasteiger charge is 2.22. The van der Waals surface area contributed by atoms with Gasteiger partial charge in [-0.25, -0.2) is 5.43 Å². The summed E-state index contributed by atoms with van der Waals surface area (Å²) < 4.78 is 15.9. The van der Waals surface area contributed by atoms with Gasteiger partial charge in [0, 0.05) is 18.8 Å². The molecule has 0 aliphatic carbocycles. The molecule has 0 atom stereocenters. The van der Waals surface area contributed by atoms with Gasteiger partial charge in [0.1, 0.15) is 0 Å². The Labute approximate surface area is 193 Å². The molecule has 1 fully saturated rings. The third-order valence-corrected chi connectivity index (χ3v) is 5.03. The molecule has 34 heavy (non-hydrogen) atoms. The van der Waals surface area contributed by atoms with E-state index in [0.29, 0.717) is 49.7 Å². The summed E-state index contributed by atoms with van der Waals surface area (Å²) in [4.78, 5) is 26.3. The summed E-state index contributed by atoms with van der Waals surface area (Å²) in [5, 5.41) is 18.7. The molecule has 174 valence electrons. The van der Waals surface area contributed by atoms with Crippen LogP contribution >= 0.6 is 0 Å². The van der Waals surface area contributed by atoms with E-state index in [1.165, 1.54) is 18.3 Å². The number of nitro benzene ring substituents is 1. The zero-order valence-corrected chi connectivity index (χ0v) is 17.9. The first-order valence-corrected chi connectivity index (χ1v) is 10.4. The Balaban J connectivity index is 1.41. The quantitative estimate of drug-likeness (QED) is 0.302. The molecule has 2 aliphatic heterocycles. The van der Waals surface area contributed by atoms with E-state index in [4.69, 9.17) is 14.2 Å². The first kappa shape index (κ1) is 21.3. The van der Waals surface area contributed by atoms with Crippen LogP contribution in [0.5, 0.6) is 11.5 Å². The number of anilines is 4. The molecule has 3 heterocycles. The monoisotopic (exact) mass is 464 g/mol. The van der Waals surface area contributed by atoms with Crippen LogP contribution in [0.1, 0.15) is 5.56 Å². The second-order valence-corrected chi connectivity index (χ2v) is 7.26. The van der Waals surface area contributed by atoms with Crippen molar-refractivity contribution in [2.75, 3.05) is 48.7 Å². The maximum atomic E-state index is 11.5. The van der Waals surface area contributed by atoms with Crippen LogP contribution in [0.4, 0.5) is 29.2 Å². The lowest BCUT2D eigenvalue weighted by Crippen LogP contribution is -2.37. The molecule has 0 unspecified atom stereocenters. The van der Waals surface area contributed by atoms with Crippen LogP contribution in [0, 0.1) is 10.1 Å². The molecule has 1 saturated heterocycles. The van der Waals surface area contributed by atoms with Gasteiger partial charge in [0.15, 0.2) is 11.5 Å². The van der Waals surface area contributed by atoms with Crippen molar-refractivity contribution in [2.24, 2.45) is 5.10 Å². The van der Waals surface area contributed by atoms with Crippen LogP contribution in [0.25, 0.3) is 0 Å². The molecular weight excluding hydrogens is 444 g/mol. The first-order chi connectivity index (χ1) is 16.7. The standard InChI is InChI=1S/C21H20N8O5/c30-29(31)16-11-18-17(33-13-34-18)10-14(16)12-22-27-20-24-19(23-15-4-2-1-3-5-15)25-21(26-20)28-6-8-32-9-7-28/h1-5,10-12H,6-9,13H2,(H2,23,24,25,26,27). The minimum absolute atomic E-state index is 0.0116. The minimum Gasteiger partial charge on any atom is -0.454 e. The second kappa shape index (κ2) is 9.54. The molecule has 5 rings (SSSR count). The Hall–Kier alpha value is -4.52. The number of fused-ring (bicyclic) bond motifs is 1. The molecule has 2 aliphatic rings. The number of nitro groups is 1. The van der Waals surface area contributed by atoms with Crippen LogP contribution in [0.3, 0.4) is 0 Å². The maximum absolute atomic E-state index is 11.5. The lowest BCUT2D eigenvalue weighted by atomic mass is 10.1. The van der Waals surface area contributed by atoms with Gasteiger partial charge in [0.05, 0.1) is 36.0 Å². The Morgan fingerprint density at radius 1 is 1.03 bits per heavy atom. The van der Waals surface area contributed by atoms with E-state index in [9.17, 15) is 10.1 Å². The van der Waals surface area contributed by atoms with Crippen LogP contribution in [0.15, 0.2) is 47.6 Å². The van der Waals surface area contributed by atoms with Crippen molar-refractivity contribution < 1.29 is 19.1 Å². The molecule has 13 heteroatoms. The van der Waals surface area contributed by atoms with E-state index in [2.05, 4.69) is 30.8 Å². The molecule has 0 amide bonds. The van der Waals surface area contributed by atoms with E-state index in [0.717, 1.165) is 5.69 Å². The fraction of sp³-hybridized carbons (Fsp3) is 0.238. The number of hydrogen-bond donors (Lipinski definition) is 2. The van der Waals surface area contributed by atoms with Gasteiger partial charge in [-0.05, 0) is 18.2 Å². The number of hydrazone groups is 1. The number of rotatable bonds is 7. The average molecular weight is 464 g/mol. The lowest BCUT2D eigenvalue weighted by molar-refractivity contribution is -0.385. The summed E-state index contributed by atoms with van der Waals surface area (Å²) in [5.41, 5.74) is 3.64. The van der Waals surface area contributed by atoms with Crippen molar-refractivity contribution >= 4 is 35.4 Å². The Morgan fingerprint density at radius 3 is 2.53 bits per heavy atom. The van der Waals surface area contributed by atoms with Crippen molar-refractivity contribution in [3.63, 3.8) is 0 Å². The highest BCUT2D eigenvalue weighted by atomic mass is 16.7. The molecule has 0 bridgehead atoms. The molecule has 2 N–H and O–H groups in total. The van der Waals surface area contributed by atoms with E-state index in [-0.39, 0.29) is 24.0 Å². The Bertz CT molecular complexity index is 1220. The Morgan fingerprint density at radius 2 is 1.76 bits per heavy atom. The number of nitrogens with one attached hydrogen (secondary N) is 2. The minimum atomic E-state index is -0.509. The summed E-state index contributed by atoms with van der Waals surface area (Å²) >= 11 is 0. The van der Waals surface area contributed by atoms with Gasteiger partial charge in [0.25, 0.3) is 5.69 Å². The van der Waals surface area contributed by atoms with E-state index in [1.54, 1.807) is 0 Å². The molecule has 0 radical (unpaired) electrons. The van der Waals surface area contributed by atoms with E-state index >= 15 is 0 Å². The van der Waals surface area contributed by atoms with Crippen LogP contribution in [-0.4, -0.2) is 59.2 Å². The summed E-state index contributed by atoms with van der Waals surface area (Å²) in [6.45, 7) is 2.43. The zero-order chi connectivity index (χ0) is 23.3. The molecule has 2 aromatic carbocycles. The molecule has 13 nitrogen and oxygen atoms in total. The van der Waals surface area contributed by atoms with Crippen LogP contribution < -0.4 is 25.1 Å². The van der Waals surface area contributed by atoms with E-state index in [1.807, 2.05) is 35.2 Å². The molecule has 0 spiro atoms. The summed E-state index contributed by atoms with van der Waals surface area (Å²) in [6, 6.07) is 12.3. The summed E-state index contributed by atoms with van der Waals surface area (Å²) in [7, 11) is 0. The van der Waals surface area contributed by atoms with Gasteiger partial charge in [-0.2, -0.15) is 20.1 Å². The molecule has 1 aromatic heterocycles. The zero-order valence-electron chi connectivity index (χ0n) is 17.9. The number of benzene rings is 2. The maximum Gasteiger partial charge on any atom is 0.282 e. The van der Waals surface area contributed by atoms with Crippen molar-refractivity contribution in [3.8, 4) is 11.5 Å². The van der Waals surface area contributed by atoms with Gasteiger partial charge in [0.2, 0.25) is 24.6 Å². The van der Waals surface area contributed by atoms with Gasteiger partial charge in [-0.3, -0.25) is 10.1 Å². The van der Waals surface area contributed by atoms with Crippen molar-refractivity contribution in [3.05, 3.63) is 58.1 Å². The number of morpholine rings is 1. The van der Waals surface area contributed by atoms with Crippen LogP contribution in [0.2, 0.25) is 0 Å². The van der Waals surface area contributed by atoms with Gasteiger partial charge < -0.3 is 24.4 Å².